The van der Waals surface area contributed by atoms with E-state index in [9.17, 15) is 4.79 Å². The van der Waals surface area contributed by atoms with Crippen molar-refractivity contribution in [3.63, 3.8) is 0 Å². The first-order valence-corrected chi connectivity index (χ1v) is 7.00. The highest BCUT2D eigenvalue weighted by molar-refractivity contribution is 6.13. The number of fused-ring (bicyclic) bond motifs is 5. The van der Waals surface area contributed by atoms with E-state index in [1.165, 1.54) is 5.56 Å². The smallest absolute Gasteiger partial charge is 0.344 e. The molecule has 0 saturated heterocycles. The van der Waals surface area contributed by atoms with Crippen LogP contribution < -0.4 is 5.63 Å². The van der Waals surface area contributed by atoms with Crippen LogP contribution in [0.3, 0.4) is 0 Å². The van der Waals surface area contributed by atoms with Crippen LogP contribution in [0.15, 0.2) is 57.7 Å². The van der Waals surface area contributed by atoms with Crippen molar-refractivity contribution in [2.75, 3.05) is 0 Å². The Balaban J connectivity index is 2.29. The largest absolute Gasteiger partial charge is 0.422 e. The van der Waals surface area contributed by atoms with Crippen molar-refractivity contribution in [1.29, 1.82) is 0 Å². The van der Waals surface area contributed by atoms with Crippen molar-refractivity contribution in [1.82, 2.24) is 0 Å². The first-order chi connectivity index (χ1) is 10.1. The molecule has 21 heavy (non-hydrogen) atoms. The second kappa shape index (κ2) is 4.19. The van der Waals surface area contributed by atoms with Gasteiger partial charge in [-0.3, -0.25) is 0 Å². The molecule has 0 unspecified atom stereocenters. The molecule has 4 aromatic rings. The molecule has 2 heteroatoms. The van der Waals surface area contributed by atoms with Crippen LogP contribution in [-0.4, -0.2) is 0 Å². The molecular weight excluding hydrogens is 260 g/mol. The molecule has 0 bridgehead atoms. The van der Waals surface area contributed by atoms with Gasteiger partial charge >= 0.3 is 5.63 Å². The predicted molar refractivity (Wildman–Crippen MR) is 87.0 cm³/mol. The van der Waals surface area contributed by atoms with E-state index in [0.29, 0.717) is 11.0 Å². The maximum absolute atomic E-state index is 12.3. The van der Waals surface area contributed by atoms with Crippen molar-refractivity contribution in [3.05, 3.63) is 70.1 Å². The normalized spacial score (nSPS) is 11.5. The van der Waals surface area contributed by atoms with Crippen molar-refractivity contribution in [3.8, 4) is 0 Å². The minimum atomic E-state index is -0.269. The Labute approximate surface area is 121 Å². The average Bonchev–Trinajstić information content (AvgIpc) is 2.47. The lowest BCUT2D eigenvalue weighted by Crippen LogP contribution is -2.00. The molecule has 0 aliphatic carbocycles. The number of hydrogen-bond donors (Lipinski definition) is 0. The number of benzene rings is 3. The zero-order valence-electron chi connectivity index (χ0n) is 11.9. The minimum absolute atomic E-state index is 0.269. The molecular formula is C19H14O2. The highest BCUT2D eigenvalue weighted by atomic mass is 16.4. The lowest BCUT2D eigenvalue weighted by Gasteiger charge is -2.07. The van der Waals surface area contributed by atoms with Crippen LogP contribution in [0.1, 0.15) is 11.1 Å². The van der Waals surface area contributed by atoms with E-state index in [-0.39, 0.29) is 5.63 Å². The van der Waals surface area contributed by atoms with E-state index in [0.717, 1.165) is 27.1 Å². The van der Waals surface area contributed by atoms with Crippen LogP contribution in [0.5, 0.6) is 0 Å². The van der Waals surface area contributed by atoms with Crippen LogP contribution in [0.25, 0.3) is 32.5 Å². The molecule has 0 spiro atoms. The highest BCUT2D eigenvalue weighted by Crippen LogP contribution is 2.30. The molecule has 1 heterocycles. The van der Waals surface area contributed by atoms with Gasteiger partial charge in [-0.2, -0.15) is 0 Å². The third kappa shape index (κ3) is 1.76. The van der Waals surface area contributed by atoms with Gasteiger partial charge in [-0.05, 0) is 36.8 Å². The number of hydrogen-bond acceptors (Lipinski definition) is 2. The van der Waals surface area contributed by atoms with Crippen molar-refractivity contribution in [2.45, 2.75) is 13.8 Å². The molecule has 0 amide bonds. The van der Waals surface area contributed by atoms with Crippen LogP contribution in [0.2, 0.25) is 0 Å². The quantitative estimate of drug-likeness (QED) is 0.343. The molecule has 0 fully saturated rings. The minimum Gasteiger partial charge on any atom is -0.422 e. The number of rotatable bonds is 0. The molecule has 2 nitrogen and oxygen atoms in total. The van der Waals surface area contributed by atoms with Gasteiger partial charge in [0.15, 0.2) is 0 Å². The molecule has 3 aromatic carbocycles. The van der Waals surface area contributed by atoms with Gasteiger partial charge in [-0.25, -0.2) is 4.79 Å². The lowest BCUT2D eigenvalue weighted by atomic mass is 10.0. The van der Waals surface area contributed by atoms with Crippen LogP contribution in [-0.2, 0) is 0 Å². The topological polar surface area (TPSA) is 30.2 Å². The zero-order valence-corrected chi connectivity index (χ0v) is 11.9. The first-order valence-electron chi connectivity index (χ1n) is 7.00. The maximum Gasteiger partial charge on any atom is 0.344 e. The van der Waals surface area contributed by atoms with Crippen LogP contribution >= 0.6 is 0 Å². The third-order valence-electron chi connectivity index (χ3n) is 4.01. The molecule has 0 N–H and O–H groups in total. The van der Waals surface area contributed by atoms with Crippen molar-refractivity contribution >= 4 is 32.5 Å². The van der Waals surface area contributed by atoms with Crippen molar-refractivity contribution < 1.29 is 4.42 Å². The summed E-state index contributed by atoms with van der Waals surface area (Å²) in [6.45, 7) is 4.04. The van der Waals surface area contributed by atoms with E-state index in [2.05, 4.69) is 19.1 Å². The Hall–Kier alpha value is -2.61. The van der Waals surface area contributed by atoms with Gasteiger partial charge in [0.05, 0.1) is 5.39 Å². The zero-order chi connectivity index (χ0) is 14.6. The van der Waals surface area contributed by atoms with Crippen molar-refractivity contribution in [2.24, 2.45) is 0 Å². The van der Waals surface area contributed by atoms with Crippen LogP contribution in [0.4, 0.5) is 0 Å². The summed E-state index contributed by atoms with van der Waals surface area (Å²) in [5, 5.41) is 4.67. The van der Waals surface area contributed by atoms with Gasteiger partial charge < -0.3 is 4.42 Å². The summed E-state index contributed by atoms with van der Waals surface area (Å²) in [7, 11) is 0. The van der Waals surface area contributed by atoms with Gasteiger partial charge in [0.25, 0.3) is 0 Å². The van der Waals surface area contributed by atoms with E-state index in [1.54, 1.807) is 0 Å². The number of aryl methyl sites for hydroxylation is 2. The fraction of sp³-hybridized carbons (Fsp3) is 0.105. The first kappa shape index (κ1) is 12.2. The molecule has 0 saturated carbocycles. The third-order valence-corrected chi connectivity index (χ3v) is 4.01. The van der Waals surface area contributed by atoms with Crippen LogP contribution in [0, 0.1) is 13.8 Å². The highest BCUT2D eigenvalue weighted by Gasteiger charge is 2.10. The molecule has 4 rings (SSSR count). The summed E-state index contributed by atoms with van der Waals surface area (Å²) in [6.07, 6.45) is 0. The van der Waals surface area contributed by atoms with Gasteiger partial charge in [-0.15, -0.1) is 0 Å². The van der Waals surface area contributed by atoms with Gasteiger partial charge in [-0.1, -0.05) is 47.5 Å². The summed E-state index contributed by atoms with van der Waals surface area (Å²) in [5.74, 6) is 0. The maximum atomic E-state index is 12.3. The summed E-state index contributed by atoms with van der Waals surface area (Å²) >= 11 is 0. The fourth-order valence-electron chi connectivity index (χ4n) is 2.95. The van der Waals surface area contributed by atoms with E-state index < -0.39 is 0 Å². The van der Waals surface area contributed by atoms with Gasteiger partial charge in [0.1, 0.15) is 5.58 Å². The Morgan fingerprint density at radius 3 is 2.19 bits per heavy atom. The lowest BCUT2D eigenvalue weighted by molar-refractivity contribution is 0.573. The molecule has 1 aromatic heterocycles. The van der Waals surface area contributed by atoms with Gasteiger partial charge in [0, 0.05) is 10.8 Å². The molecule has 0 aliphatic rings. The Morgan fingerprint density at radius 2 is 1.38 bits per heavy atom. The van der Waals surface area contributed by atoms with E-state index in [4.69, 9.17) is 4.42 Å². The predicted octanol–water partition coefficient (Wildman–Crippen LogP) is 4.72. The van der Waals surface area contributed by atoms with E-state index >= 15 is 0 Å². The Morgan fingerprint density at radius 1 is 0.714 bits per heavy atom. The fourth-order valence-corrected chi connectivity index (χ4v) is 2.95. The molecule has 0 radical (unpaired) electrons. The van der Waals surface area contributed by atoms with Gasteiger partial charge in [0.2, 0.25) is 0 Å². The summed E-state index contributed by atoms with van der Waals surface area (Å²) in [4.78, 5) is 12.3. The summed E-state index contributed by atoms with van der Waals surface area (Å²) in [5.41, 5.74) is 2.66. The molecule has 102 valence electrons. The Bertz CT molecular complexity index is 1070. The molecule has 0 atom stereocenters. The summed E-state index contributed by atoms with van der Waals surface area (Å²) < 4.78 is 5.63. The standard InChI is InChI=1S/C19H14O2/c1-11-3-6-14-13(9-11)5-8-16-15-7-4-12(2)10-17(15)19(20)21-18(14)16/h3-10H,1-2H3. The monoisotopic (exact) mass is 274 g/mol. The molecule has 0 aliphatic heterocycles. The van der Waals surface area contributed by atoms with E-state index in [1.807, 2.05) is 43.3 Å². The summed E-state index contributed by atoms with van der Waals surface area (Å²) in [6, 6.07) is 16.2. The average molecular weight is 274 g/mol. The second-order valence-electron chi connectivity index (χ2n) is 5.61. The SMILES string of the molecule is Cc1ccc2c(ccc3c4ccc(C)cc4c(=O)oc23)c1. The Kier molecular flexibility index (Phi) is 2.43. The second-order valence-corrected chi connectivity index (χ2v) is 5.61.